The van der Waals surface area contributed by atoms with Crippen LogP contribution < -0.4 is 5.32 Å². The van der Waals surface area contributed by atoms with Gasteiger partial charge in [-0.25, -0.2) is 0 Å². The van der Waals surface area contributed by atoms with Gasteiger partial charge in [-0.3, -0.25) is 0 Å². The first-order valence-corrected chi connectivity index (χ1v) is 7.76. The van der Waals surface area contributed by atoms with Gasteiger partial charge in [0.1, 0.15) is 0 Å². The van der Waals surface area contributed by atoms with Crippen molar-refractivity contribution in [3.8, 4) is 0 Å². The molecule has 1 N–H and O–H groups in total. The van der Waals surface area contributed by atoms with Crippen LogP contribution >= 0.6 is 27.5 Å². The lowest BCUT2D eigenvalue weighted by molar-refractivity contribution is 0.577. The Bertz CT molecular complexity index is 442. The Hall–Kier alpha value is -0.310. The van der Waals surface area contributed by atoms with Crippen LogP contribution in [-0.4, -0.2) is 6.54 Å². The summed E-state index contributed by atoms with van der Waals surface area (Å²) >= 11 is 9.78. The van der Waals surface area contributed by atoms with Crippen molar-refractivity contribution < 1.29 is 0 Å². The zero-order valence-corrected chi connectivity index (χ0v) is 13.0. The minimum absolute atomic E-state index is 0.306. The third-order valence-electron chi connectivity index (χ3n) is 3.31. The molecule has 0 spiro atoms. The quantitative estimate of drug-likeness (QED) is 0.728. The van der Waals surface area contributed by atoms with Gasteiger partial charge in [-0.2, -0.15) is 0 Å². The smallest absolute Gasteiger partial charge is 0.0547 e. The maximum atomic E-state index is 6.13. The molecule has 0 heterocycles. The van der Waals surface area contributed by atoms with E-state index < -0.39 is 0 Å². The van der Waals surface area contributed by atoms with Gasteiger partial charge in [0.25, 0.3) is 0 Å². The van der Waals surface area contributed by atoms with Gasteiger partial charge in [-0.05, 0) is 56.0 Å². The summed E-state index contributed by atoms with van der Waals surface area (Å²) in [6.45, 7) is 3.22. The maximum absolute atomic E-state index is 6.13. The van der Waals surface area contributed by atoms with E-state index in [4.69, 9.17) is 11.6 Å². The first-order valence-electron chi connectivity index (χ1n) is 6.59. The molecule has 0 saturated carbocycles. The van der Waals surface area contributed by atoms with Gasteiger partial charge in [-0.15, -0.1) is 0 Å². The highest BCUT2D eigenvalue weighted by Crippen LogP contribution is 2.35. The van der Waals surface area contributed by atoms with Crippen LogP contribution in [0.3, 0.4) is 0 Å². The summed E-state index contributed by atoms with van der Waals surface area (Å²) in [5.74, 6) is 0. The van der Waals surface area contributed by atoms with E-state index in [2.05, 4.69) is 40.3 Å². The largest absolute Gasteiger partial charge is 0.306 e. The Morgan fingerprint density at radius 1 is 1.44 bits per heavy atom. The van der Waals surface area contributed by atoms with Gasteiger partial charge < -0.3 is 5.32 Å². The molecule has 1 nitrogen and oxygen atoms in total. The van der Waals surface area contributed by atoms with Crippen LogP contribution in [-0.2, 0) is 0 Å². The first-order chi connectivity index (χ1) is 8.72. The molecule has 98 valence electrons. The van der Waals surface area contributed by atoms with Gasteiger partial charge >= 0.3 is 0 Å². The Kier molecular flexibility index (Phi) is 5.28. The van der Waals surface area contributed by atoms with Crippen molar-refractivity contribution in [1.29, 1.82) is 0 Å². The second-order valence-electron chi connectivity index (χ2n) is 4.72. The van der Waals surface area contributed by atoms with Crippen molar-refractivity contribution in [3.63, 3.8) is 0 Å². The number of allylic oxidation sites excluding steroid dienone is 1. The lowest BCUT2D eigenvalue weighted by Gasteiger charge is -2.22. The van der Waals surface area contributed by atoms with Crippen LogP contribution in [0.5, 0.6) is 0 Å². The predicted molar refractivity (Wildman–Crippen MR) is 82.1 cm³/mol. The number of rotatable bonds is 5. The Morgan fingerprint density at radius 2 is 2.28 bits per heavy atom. The van der Waals surface area contributed by atoms with Crippen molar-refractivity contribution in [3.05, 3.63) is 44.9 Å². The molecule has 2 rings (SSSR count). The minimum atomic E-state index is 0.306. The normalized spacial score (nSPS) is 16.7. The topological polar surface area (TPSA) is 12.0 Å². The molecule has 0 amide bonds. The first kappa shape index (κ1) is 14.1. The van der Waals surface area contributed by atoms with Gasteiger partial charge in [-0.1, -0.05) is 46.1 Å². The molecule has 0 radical (unpaired) electrons. The molecule has 1 unspecified atom stereocenters. The van der Waals surface area contributed by atoms with E-state index >= 15 is 0 Å². The summed E-state index contributed by atoms with van der Waals surface area (Å²) in [6, 6.07) is 6.33. The highest BCUT2D eigenvalue weighted by molar-refractivity contribution is 9.10. The second kappa shape index (κ2) is 6.74. The summed E-state index contributed by atoms with van der Waals surface area (Å²) < 4.78 is 1.13. The summed E-state index contributed by atoms with van der Waals surface area (Å²) in [7, 11) is 0. The molecular weight excluding hydrogens is 310 g/mol. The fraction of sp³-hybridized carbons (Fsp3) is 0.467. The van der Waals surface area contributed by atoms with Crippen LogP contribution in [0.4, 0.5) is 0 Å². The highest BCUT2D eigenvalue weighted by Gasteiger charge is 2.20. The van der Waals surface area contributed by atoms with Gasteiger partial charge in [0.15, 0.2) is 0 Å². The molecule has 0 aliphatic heterocycles. The average Bonchev–Trinajstić information content (AvgIpc) is 2.88. The molecule has 0 bridgehead atoms. The van der Waals surface area contributed by atoms with Crippen molar-refractivity contribution in [1.82, 2.24) is 5.32 Å². The van der Waals surface area contributed by atoms with E-state index in [0.29, 0.717) is 6.04 Å². The third-order valence-corrected chi connectivity index (χ3v) is 4.27. The fourth-order valence-corrected chi connectivity index (χ4v) is 3.08. The summed E-state index contributed by atoms with van der Waals surface area (Å²) in [5, 5.41) is 4.44. The van der Waals surface area contributed by atoms with E-state index in [1.807, 2.05) is 12.1 Å². The van der Waals surface area contributed by atoms with Crippen LogP contribution in [0.1, 0.15) is 44.2 Å². The SMILES string of the molecule is CCCNC(C1=CCCC1)c1cc(Cl)ccc1Br. The molecule has 0 saturated heterocycles. The molecule has 1 aliphatic carbocycles. The molecule has 0 fully saturated rings. The van der Waals surface area contributed by atoms with E-state index in [1.165, 1.54) is 30.4 Å². The average molecular weight is 329 g/mol. The number of hydrogen-bond acceptors (Lipinski definition) is 1. The Balaban J connectivity index is 2.29. The molecule has 1 atom stereocenters. The second-order valence-corrected chi connectivity index (χ2v) is 6.02. The van der Waals surface area contributed by atoms with E-state index in [1.54, 1.807) is 0 Å². The van der Waals surface area contributed by atoms with Crippen molar-refractivity contribution >= 4 is 27.5 Å². The number of nitrogens with one attached hydrogen (secondary N) is 1. The summed E-state index contributed by atoms with van der Waals surface area (Å²) in [4.78, 5) is 0. The summed E-state index contributed by atoms with van der Waals surface area (Å²) in [5.41, 5.74) is 2.76. The fourth-order valence-electron chi connectivity index (χ4n) is 2.42. The van der Waals surface area contributed by atoms with Crippen LogP contribution in [0.15, 0.2) is 34.3 Å². The molecule has 1 aromatic rings. The predicted octanol–water partition coefficient (Wildman–Crippen LogP) is 5.25. The molecule has 3 heteroatoms. The molecular formula is C15H19BrClN. The lowest BCUT2D eigenvalue weighted by Crippen LogP contribution is -2.23. The zero-order chi connectivity index (χ0) is 13.0. The minimum Gasteiger partial charge on any atom is -0.306 e. The number of hydrogen-bond donors (Lipinski definition) is 1. The van der Waals surface area contributed by atoms with Gasteiger partial charge in [0.2, 0.25) is 0 Å². The van der Waals surface area contributed by atoms with E-state index in [-0.39, 0.29) is 0 Å². The molecule has 1 aliphatic rings. The van der Waals surface area contributed by atoms with Gasteiger partial charge in [0, 0.05) is 9.50 Å². The number of benzene rings is 1. The maximum Gasteiger partial charge on any atom is 0.0547 e. The van der Waals surface area contributed by atoms with Crippen LogP contribution in [0.25, 0.3) is 0 Å². The summed E-state index contributed by atoms with van der Waals surface area (Å²) in [6.07, 6.45) is 7.19. The Labute approximate surface area is 123 Å². The number of halogens is 2. The van der Waals surface area contributed by atoms with Gasteiger partial charge in [0.05, 0.1) is 6.04 Å². The van der Waals surface area contributed by atoms with Crippen molar-refractivity contribution in [2.24, 2.45) is 0 Å². The lowest BCUT2D eigenvalue weighted by atomic mass is 9.98. The standard InChI is InChI=1S/C15H19BrClN/c1-2-9-18-15(11-5-3-4-6-11)13-10-12(17)7-8-14(13)16/h5,7-8,10,15,18H,2-4,6,9H2,1H3. The van der Waals surface area contributed by atoms with Crippen molar-refractivity contribution in [2.45, 2.75) is 38.6 Å². The highest BCUT2D eigenvalue weighted by atomic mass is 79.9. The Morgan fingerprint density at radius 3 is 2.94 bits per heavy atom. The van der Waals surface area contributed by atoms with E-state index in [9.17, 15) is 0 Å². The van der Waals surface area contributed by atoms with E-state index in [0.717, 1.165) is 22.5 Å². The zero-order valence-electron chi connectivity index (χ0n) is 10.7. The van der Waals surface area contributed by atoms with Crippen molar-refractivity contribution in [2.75, 3.05) is 6.54 Å². The third kappa shape index (κ3) is 3.37. The van der Waals surface area contributed by atoms with Crippen LogP contribution in [0, 0.1) is 0 Å². The molecule has 1 aromatic carbocycles. The molecule has 18 heavy (non-hydrogen) atoms. The molecule has 0 aromatic heterocycles. The van der Waals surface area contributed by atoms with Crippen LogP contribution in [0.2, 0.25) is 5.02 Å². The monoisotopic (exact) mass is 327 g/mol.